The van der Waals surface area contributed by atoms with E-state index < -0.39 is 0 Å². The molecule has 0 fully saturated rings. The monoisotopic (exact) mass is 220 g/mol. The van der Waals surface area contributed by atoms with Crippen LogP contribution in [0.15, 0.2) is 6.20 Å². The van der Waals surface area contributed by atoms with Crippen molar-refractivity contribution >= 4 is 0 Å². The van der Waals surface area contributed by atoms with Crippen LogP contribution in [0.4, 0.5) is 0 Å². The smallest absolute Gasteiger partial charge is 0.129 e. The molecule has 0 amide bonds. The number of nitrogens with two attached hydrogens (primary N) is 1. The fourth-order valence-corrected chi connectivity index (χ4v) is 2.05. The Hall–Kier alpha value is -1.00. The molecule has 0 saturated carbocycles. The lowest BCUT2D eigenvalue weighted by atomic mass is 10.1. The number of hydrogen-bond acceptors (Lipinski definition) is 4. The third kappa shape index (κ3) is 2.39. The number of rotatable bonds is 3. The van der Waals surface area contributed by atoms with Gasteiger partial charge < -0.3 is 5.73 Å². The van der Waals surface area contributed by atoms with Gasteiger partial charge in [0.25, 0.3) is 0 Å². The summed E-state index contributed by atoms with van der Waals surface area (Å²) in [7, 11) is 0. The Morgan fingerprint density at radius 1 is 1.50 bits per heavy atom. The van der Waals surface area contributed by atoms with Crippen LogP contribution in [0.1, 0.15) is 30.9 Å². The van der Waals surface area contributed by atoms with Gasteiger partial charge in [-0.05, 0) is 32.4 Å². The van der Waals surface area contributed by atoms with E-state index in [4.69, 9.17) is 5.73 Å². The van der Waals surface area contributed by atoms with Crippen molar-refractivity contribution in [3.63, 3.8) is 0 Å². The lowest BCUT2D eigenvalue weighted by molar-refractivity contribution is 0.199. The van der Waals surface area contributed by atoms with Crippen LogP contribution in [-0.4, -0.2) is 34.0 Å². The minimum Gasteiger partial charge on any atom is -0.330 e. The first kappa shape index (κ1) is 11.5. The van der Waals surface area contributed by atoms with E-state index in [1.165, 1.54) is 11.3 Å². The Balaban J connectivity index is 2.18. The van der Waals surface area contributed by atoms with Crippen LogP contribution < -0.4 is 5.73 Å². The number of fused-ring (bicyclic) bond motifs is 1. The van der Waals surface area contributed by atoms with E-state index in [2.05, 4.69) is 28.7 Å². The zero-order valence-corrected chi connectivity index (χ0v) is 10.1. The summed E-state index contributed by atoms with van der Waals surface area (Å²) >= 11 is 0. The molecule has 4 heteroatoms. The van der Waals surface area contributed by atoms with Gasteiger partial charge in [-0.3, -0.25) is 4.90 Å². The maximum atomic E-state index is 5.52. The number of nitrogens with zero attached hydrogens (tertiary/aromatic N) is 3. The molecule has 0 saturated heterocycles. The predicted molar refractivity (Wildman–Crippen MR) is 64.0 cm³/mol. The molecule has 0 radical (unpaired) electrons. The molecule has 0 unspecified atom stereocenters. The van der Waals surface area contributed by atoms with Crippen LogP contribution in [0.25, 0.3) is 0 Å². The van der Waals surface area contributed by atoms with Gasteiger partial charge in [0, 0.05) is 31.7 Å². The van der Waals surface area contributed by atoms with E-state index in [1.54, 1.807) is 0 Å². The average Bonchev–Trinajstić information content (AvgIpc) is 2.28. The number of aromatic nitrogens is 2. The van der Waals surface area contributed by atoms with Crippen LogP contribution >= 0.6 is 0 Å². The van der Waals surface area contributed by atoms with Crippen molar-refractivity contribution in [2.75, 3.05) is 13.1 Å². The first-order chi connectivity index (χ1) is 7.70. The second kappa shape index (κ2) is 4.89. The molecule has 0 aromatic carbocycles. The summed E-state index contributed by atoms with van der Waals surface area (Å²) in [6.45, 7) is 7.14. The average molecular weight is 220 g/mol. The molecular formula is C12H20N4. The fraction of sp³-hybridized carbons (Fsp3) is 0.667. The summed E-state index contributed by atoms with van der Waals surface area (Å²) in [5.74, 6) is 0.881. The van der Waals surface area contributed by atoms with E-state index in [0.717, 1.165) is 31.8 Å². The summed E-state index contributed by atoms with van der Waals surface area (Å²) in [5, 5.41) is 0. The topological polar surface area (TPSA) is 55.0 Å². The van der Waals surface area contributed by atoms with Gasteiger partial charge in [0.1, 0.15) is 5.82 Å². The van der Waals surface area contributed by atoms with E-state index in [9.17, 15) is 0 Å². The van der Waals surface area contributed by atoms with Gasteiger partial charge in [-0.25, -0.2) is 9.97 Å². The Morgan fingerprint density at radius 2 is 2.31 bits per heavy atom. The molecule has 4 nitrogen and oxygen atoms in total. The van der Waals surface area contributed by atoms with Crippen molar-refractivity contribution in [3.05, 3.63) is 23.3 Å². The highest BCUT2D eigenvalue weighted by atomic mass is 15.2. The van der Waals surface area contributed by atoms with Crippen molar-refractivity contribution in [2.45, 2.75) is 39.3 Å². The lowest BCUT2D eigenvalue weighted by Gasteiger charge is -2.31. The minimum atomic E-state index is 0.584. The molecule has 2 rings (SSSR count). The Morgan fingerprint density at radius 3 is 3.00 bits per heavy atom. The third-order valence-corrected chi connectivity index (χ3v) is 3.12. The molecule has 1 aromatic rings. The summed E-state index contributed by atoms with van der Waals surface area (Å²) < 4.78 is 0. The summed E-state index contributed by atoms with van der Waals surface area (Å²) in [6, 6.07) is 0.584. The Labute approximate surface area is 96.9 Å². The molecule has 1 aliphatic rings. The fourth-order valence-electron chi connectivity index (χ4n) is 2.05. The van der Waals surface area contributed by atoms with Crippen LogP contribution in [0.2, 0.25) is 0 Å². The first-order valence-corrected chi connectivity index (χ1v) is 5.98. The molecule has 0 aliphatic carbocycles. The molecule has 2 N–H and O–H groups in total. The molecule has 0 spiro atoms. The van der Waals surface area contributed by atoms with Gasteiger partial charge in [-0.15, -0.1) is 0 Å². The molecular weight excluding hydrogens is 200 g/mol. The van der Waals surface area contributed by atoms with Gasteiger partial charge in [0.15, 0.2) is 0 Å². The van der Waals surface area contributed by atoms with Gasteiger partial charge in [0.05, 0.1) is 5.69 Å². The van der Waals surface area contributed by atoms with Crippen LogP contribution in [0.3, 0.4) is 0 Å². The largest absolute Gasteiger partial charge is 0.330 e. The first-order valence-electron chi connectivity index (χ1n) is 5.98. The van der Waals surface area contributed by atoms with Crippen molar-refractivity contribution in [1.82, 2.24) is 14.9 Å². The second-order valence-electron chi connectivity index (χ2n) is 4.61. The standard InChI is InChI=1S/C12H20N4/c1-9(2)16-6-4-10-7-14-12(3-5-13)15-11(10)8-16/h7,9H,3-6,8,13H2,1-2H3. The van der Waals surface area contributed by atoms with Crippen LogP contribution in [0.5, 0.6) is 0 Å². The predicted octanol–water partition coefficient (Wildman–Crippen LogP) is 0.744. The molecule has 0 bridgehead atoms. The quantitative estimate of drug-likeness (QED) is 0.816. The van der Waals surface area contributed by atoms with E-state index in [1.807, 2.05) is 6.20 Å². The highest BCUT2D eigenvalue weighted by Gasteiger charge is 2.19. The maximum absolute atomic E-state index is 5.52. The minimum absolute atomic E-state index is 0.584. The zero-order chi connectivity index (χ0) is 11.5. The lowest BCUT2D eigenvalue weighted by Crippen LogP contribution is -2.36. The highest BCUT2D eigenvalue weighted by Crippen LogP contribution is 2.18. The summed E-state index contributed by atoms with van der Waals surface area (Å²) in [6.07, 6.45) is 3.82. The molecule has 1 aromatic heterocycles. The summed E-state index contributed by atoms with van der Waals surface area (Å²) in [5.41, 5.74) is 8.02. The van der Waals surface area contributed by atoms with Crippen molar-refractivity contribution in [1.29, 1.82) is 0 Å². The van der Waals surface area contributed by atoms with Gasteiger partial charge in [0.2, 0.25) is 0 Å². The third-order valence-electron chi connectivity index (χ3n) is 3.12. The Kier molecular flexibility index (Phi) is 3.51. The van der Waals surface area contributed by atoms with Crippen molar-refractivity contribution < 1.29 is 0 Å². The van der Waals surface area contributed by atoms with Crippen molar-refractivity contribution in [2.24, 2.45) is 5.73 Å². The Bertz CT molecular complexity index is 362. The normalized spacial score (nSPS) is 16.5. The van der Waals surface area contributed by atoms with Gasteiger partial charge in [-0.1, -0.05) is 0 Å². The van der Waals surface area contributed by atoms with Gasteiger partial charge >= 0.3 is 0 Å². The number of hydrogen-bond donors (Lipinski definition) is 1. The van der Waals surface area contributed by atoms with E-state index in [0.29, 0.717) is 12.6 Å². The molecule has 0 atom stereocenters. The van der Waals surface area contributed by atoms with Crippen LogP contribution in [0, 0.1) is 0 Å². The maximum Gasteiger partial charge on any atom is 0.129 e. The molecule has 16 heavy (non-hydrogen) atoms. The second-order valence-corrected chi connectivity index (χ2v) is 4.61. The molecule has 1 aliphatic heterocycles. The summed E-state index contributed by atoms with van der Waals surface area (Å²) in [4.78, 5) is 11.4. The van der Waals surface area contributed by atoms with E-state index >= 15 is 0 Å². The zero-order valence-electron chi connectivity index (χ0n) is 10.1. The van der Waals surface area contributed by atoms with Crippen molar-refractivity contribution in [3.8, 4) is 0 Å². The van der Waals surface area contributed by atoms with Crippen LogP contribution in [-0.2, 0) is 19.4 Å². The van der Waals surface area contributed by atoms with E-state index in [-0.39, 0.29) is 0 Å². The molecule has 2 heterocycles. The highest BCUT2D eigenvalue weighted by molar-refractivity contribution is 5.20. The van der Waals surface area contributed by atoms with Gasteiger partial charge in [-0.2, -0.15) is 0 Å². The SMILES string of the molecule is CC(C)N1CCc2cnc(CCN)nc2C1. The molecule has 88 valence electrons.